The maximum Gasteiger partial charge on any atom is 0.414 e. The van der Waals surface area contributed by atoms with E-state index < -0.39 is 23.8 Å². The van der Waals surface area contributed by atoms with Gasteiger partial charge in [-0.2, -0.15) is 0 Å². The van der Waals surface area contributed by atoms with Crippen LogP contribution in [0.3, 0.4) is 0 Å². The topological polar surface area (TPSA) is 94.1 Å². The van der Waals surface area contributed by atoms with Crippen LogP contribution in [0.2, 0.25) is 5.02 Å². The lowest BCUT2D eigenvalue weighted by Crippen LogP contribution is -2.32. The van der Waals surface area contributed by atoms with E-state index in [1.165, 1.54) is 13.8 Å². The molecule has 0 aliphatic carbocycles. The zero-order valence-corrected chi connectivity index (χ0v) is 14.2. The normalized spacial score (nSPS) is 21.3. The van der Waals surface area contributed by atoms with E-state index in [4.69, 9.17) is 25.8 Å². The molecule has 0 aromatic heterocycles. The molecule has 8 heteroatoms. The number of halogens is 1. The smallest absolute Gasteiger partial charge is 0.414 e. The number of hydrogen-bond acceptors (Lipinski definition) is 6. The number of ether oxygens (including phenoxy) is 3. The summed E-state index contributed by atoms with van der Waals surface area (Å²) < 4.78 is 15.5. The number of rotatable bonds is 5. The number of Topliss-reactive ketones (excluding diaryl/α,β-unsaturated/α-hetero) is 1. The van der Waals surface area contributed by atoms with Crippen molar-refractivity contribution in [3.05, 3.63) is 46.5 Å². The van der Waals surface area contributed by atoms with Crippen LogP contribution in [0.5, 0.6) is 0 Å². The van der Waals surface area contributed by atoms with Crippen molar-refractivity contribution >= 4 is 23.5 Å². The molecule has 2 rings (SSSR count). The van der Waals surface area contributed by atoms with Crippen LogP contribution in [-0.2, 0) is 24.6 Å². The van der Waals surface area contributed by atoms with E-state index in [1.54, 1.807) is 31.2 Å². The van der Waals surface area contributed by atoms with Gasteiger partial charge < -0.3 is 19.3 Å². The molecule has 0 spiro atoms. The summed E-state index contributed by atoms with van der Waals surface area (Å²) >= 11 is 5.86. The van der Waals surface area contributed by atoms with Gasteiger partial charge in [0.2, 0.25) is 11.6 Å². The minimum Gasteiger partial charge on any atom is -0.456 e. The highest BCUT2D eigenvalue weighted by atomic mass is 35.5. The Labute approximate surface area is 144 Å². The fraction of sp³-hybridized carbons (Fsp3) is 0.375. The Bertz CT molecular complexity index is 670. The fourth-order valence-electron chi connectivity index (χ4n) is 2.19. The Hall–Kier alpha value is -2.25. The Morgan fingerprint density at radius 2 is 2.04 bits per heavy atom. The molecule has 1 amide bonds. The van der Waals surface area contributed by atoms with Gasteiger partial charge in [-0.1, -0.05) is 23.7 Å². The van der Waals surface area contributed by atoms with Gasteiger partial charge in [-0.05, 0) is 32.9 Å². The number of alkyl carbamates (subject to hydrolysis) is 1. The summed E-state index contributed by atoms with van der Waals surface area (Å²) in [4.78, 5) is 24.4. The number of aliphatic hydroxyl groups excluding tert-OH is 1. The lowest BCUT2D eigenvalue weighted by atomic mass is 9.92. The van der Waals surface area contributed by atoms with Crippen LogP contribution in [0.4, 0.5) is 4.79 Å². The van der Waals surface area contributed by atoms with Gasteiger partial charge in [0.15, 0.2) is 11.9 Å². The molecule has 0 saturated heterocycles. The molecule has 1 heterocycles. The molecule has 1 aliphatic rings. The van der Waals surface area contributed by atoms with Crippen molar-refractivity contribution in [1.29, 1.82) is 0 Å². The lowest BCUT2D eigenvalue weighted by Gasteiger charge is -2.23. The molecule has 0 fully saturated rings. The molecule has 2 unspecified atom stereocenters. The minimum absolute atomic E-state index is 0.147. The van der Waals surface area contributed by atoms with Crippen molar-refractivity contribution in [3.8, 4) is 0 Å². The van der Waals surface area contributed by atoms with Crippen molar-refractivity contribution in [2.75, 3.05) is 6.61 Å². The Morgan fingerprint density at radius 1 is 1.42 bits per heavy atom. The molecule has 1 aromatic rings. The molecule has 0 radical (unpaired) electrons. The Kier molecular flexibility index (Phi) is 5.36. The van der Waals surface area contributed by atoms with Gasteiger partial charge in [0.05, 0.1) is 6.61 Å². The average Bonchev–Trinajstić information content (AvgIpc) is 2.73. The zero-order valence-electron chi connectivity index (χ0n) is 13.5. The second-order valence-corrected chi connectivity index (χ2v) is 5.63. The summed E-state index contributed by atoms with van der Waals surface area (Å²) in [6.07, 6.45) is -2.06. The van der Waals surface area contributed by atoms with Gasteiger partial charge in [-0.25, -0.2) is 4.79 Å². The van der Waals surface area contributed by atoms with Crippen LogP contribution in [0, 0.1) is 0 Å². The van der Waals surface area contributed by atoms with E-state index in [-0.39, 0.29) is 18.2 Å². The van der Waals surface area contributed by atoms with Crippen molar-refractivity contribution in [2.45, 2.75) is 32.7 Å². The van der Waals surface area contributed by atoms with E-state index in [9.17, 15) is 14.7 Å². The quantitative estimate of drug-likeness (QED) is 0.788. The molecule has 2 N–H and O–H groups in total. The first-order valence-electron chi connectivity index (χ1n) is 7.30. The summed E-state index contributed by atoms with van der Waals surface area (Å²) in [6.45, 7) is 4.65. The molecule has 7 nitrogen and oxygen atoms in total. The second kappa shape index (κ2) is 7.11. The molecule has 130 valence electrons. The number of carbonyl (C=O) groups is 2. The highest BCUT2D eigenvalue weighted by Crippen LogP contribution is 2.39. The first-order chi connectivity index (χ1) is 11.3. The monoisotopic (exact) mass is 355 g/mol. The first-order valence-corrected chi connectivity index (χ1v) is 7.68. The summed E-state index contributed by atoms with van der Waals surface area (Å²) in [6, 6.07) is 6.50. The third-order valence-corrected chi connectivity index (χ3v) is 3.58. The van der Waals surface area contributed by atoms with Crippen LogP contribution in [0.15, 0.2) is 35.9 Å². The van der Waals surface area contributed by atoms with Gasteiger partial charge in [0.1, 0.15) is 0 Å². The predicted molar refractivity (Wildman–Crippen MR) is 84.8 cm³/mol. The van der Waals surface area contributed by atoms with Gasteiger partial charge in [-0.15, -0.1) is 0 Å². The minimum atomic E-state index is -1.43. The Balaban J connectivity index is 2.35. The van der Waals surface area contributed by atoms with E-state index in [2.05, 4.69) is 5.32 Å². The van der Waals surface area contributed by atoms with Crippen molar-refractivity contribution in [1.82, 2.24) is 5.32 Å². The maximum absolute atomic E-state index is 12.8. The molecule has 2 atom stereocenters. The number of ketones is 1. The number of benzene rings is 1. The lowest BCUT2D eigenvalue weighted by molar-refractivity contribution is -0.136. The van der Waals surface area contributed by atoms with Gasteiger partial charge >= 0.3 is 6.09 Å². The molecule has 0 saturated carbocycles. The van der Waals surface area contributed by atoms with Crippen LogP contribution in [0.25, 0.3) is 0 Å². The predicted octanol–water partition coefficient (Wildman–Crippen LogP) is 2.42. The first kappa shape index (κ1) is 18.1. The highest BCUT2D eigenvalue weighted by Gasteiger charge is 2.49. The Morgan fingerprint density at radius 3 is 2.58 bits per heavy atom. The van der Waals surface area contributed by atoms with Crippen molar-refractivity contribution in [3.63, 3.8) is 0 Å². The molecule has 24 heavy (non-hydrogen) atoms. The molecule has 1 aromatic carbocycles. The van der Waals surface area contributed by atoms with Crippen molar-refractivity contribution in [2.24, 2.45) is 0 Å². The summed E-state index contributed by atoms with van der Waals surface area (Å²) in [5.41, 5.74) is -0.909. The van der Waals surface area contributed by atoms with Gasteiger partial charge in [-0.3, -0.25) is 10.1 Å². The third kappa shape index (κ3) is 3.63. The average molecular weight is 356 g/mol. The molecular weight excluding hydrogens is 338 g/mol. The van der Waals surface area contributed by atoms with Crippen LogP contribution in [0.1, 0.15) is 26.3 Å². The van der Waals surface area contributed by atoms with Crippen LogP contribution in [-0.4, -0.2) is 29.9 Å². The number of nitrogens with one attached hydrogen (secondary N) is 1. The summed E-state index contributed by atoms with van der Waals surface area (Å²) in [5, 5.41) is 12.3. The fourth-order valence-corrected chi connectivity index (χ4v) is 2.32. The molecular formula is C16H18ClNO6. The van der Waals surface area contributed by atoms with E-state index in [0.717, 1.165) is 0 Å². The van der Waals surface area contributed by atoms with E-state index in [1.807, 2.05) is 0 Å². The van der Waals surface area contributed by atoms with E-state index in [0.29, 0.717) is 10.6 Å². The molecule has 0 bridgehead atoms. The number of amides is 1. The standard InChI is InChI=1S/C16H18ClNO6/c1-4-22-15(21)18-14-12(23-9(2)19)13(20)16(3,24-14)10-5-7-11(17)8-6-10/h5-9,19H,4H2,1-3H3,(H,18,21). The zero-order chi connectivity index (χ0) is 17.9. The molecule has 1 aliphatic heterocycles. The number of carbonyl (C=O) groups excluding carboxylic acids is 2. The summed E-state index contributed by atoms with van der Waals surface area (Å²) in [7, 11) is 0. The summed E-state index contributed by atoms with van der Waals surface area (Å²) in [5.74, 6) is -1.04. The highest BCUT2D eigenvalue weighted by molar-refractivity contribution is 6.30. The number of hydrogen-bond donors (Lipinski definition) is 2. The second-order valence-electron chi connectivity index (χ2n) is 5.19. The van der Waals surface area contributed by atoms with Gasteiger partial charge in [0.25, 0.3) is 5.78 Å². The van der Waals surface area contributed by atoms with Crippen LogP contribution < -0.4 is 5.32 Å². The largest absolute Gasteiger partial charge is 0.456 e. The maximum atomic E-state index is 12.8. The van der Waals surface area contributed by atoms with Crippen molar-refractivity contribution < 1.29 is 28.9 Å². The SMILES string of the molecule is CCOC(=O)NC1=C(OC(C)O)C(=O)C(C)(c2ccc(Cl)cc2)O1. The van der Waals surface area contributed by atoms with Crippen LogP contribution >= 0.6 is 11.6 Å². The van der Waals surface area contributed by atoms with E-state index >= 15 is 0 Å². The third-order valence-electron chi connectivity index (χ3n) is 3.33. The van der Waals surface area contributed by atoms with Gasteiger partial charge in [0, 0.05) is 10.6 Å². The number of aliphatic hydroxyl groups is 1.